The Kier molecular flexibility index (Phi) is 9.71. The van der Waals surface area contributed by atoms with Crippen molar-refractivity contribution in [3.8, 4) is 0 Å². The van der Waals surface area contributed by atoms with Crippen LogP contribution in [-0.4, -0.2) is 0 Å². The highest BCUT2D eigenvalue weighted by Crippen LogP contribution is 2.48. The minimum Gasteiger partial charge on any atom is -0.309 e. The molecule has 0 heterocycles. The standard InChI is InChI=1S/C54H39O3P3/c55-58(45-20-3-1-4-21-45,51-28-26-40-14-7-9-17-43(40)38-51)47-30-34-49(35-31-47)60(57,54-25-13-19-42-16-11-12-24-53(42)54)50-36-32-48(33-37-50)59(56,46-22-5-2-6-23-46)52-29-27-41-15-8-10-18-44(41)39-52/h1-39H. The topological polar surface area (TPSA) is 51.2 Å². The van der Waals surface area contributed by atoms with Crippen LogP contribution in [0.4, 0.5) is 0 Å². The maximum Gasteiger partial charge on any atom is 0.171 e. The van der Waals surface area contributed by atoms with Crippen molar-refractivity contribution in [1.29, 1.82) is 0 Å². The largest absolute Gasteiger partial charge is 0.309 e. The van der Waals surface area contributed by atoms with Crippen LogP contribution in [0.15, 0.2) is 237 Å². The SMILES string of the molecule is O=P(c1ccccc1)(c1ccc(P(=O)(c2ccc(P(=O)(c3ccccc3)c3ccc4ccccc4c3)cc2)c2cccc3ccccc23)cc1)c1ccc2ccccc2c1. The van der Waals surface area contributed by atoms with Crippen molar-refractivity contribution in [2.75, 3.05) is 0 Å². The smallest absolute Gasteiger partial charge is 0.171 e. The third kappa shape index (κ3) is 6.34. The third-order valence-corrected chi connectivity index (χ3v) is 20.9. The van der Waals surface area contributed by atoms with Gasteiger partial charge in [0.05, 0.1) is 0 Å². The van der Waals surface area contributed by atoms with E-state index < -0.39 is 21.4 Å². The lowest BCUT2D eigenvalue weighted by molar-refractivity contribution is 0.591. The molecule has 0 N–H and O–H groups in total. The predicted octanol–water partition coefficient (Wildman–Crippen LogP) is 10.1. The molecule has 2 unspecified atom stereocenters. The number of fused-ring (bicyclic) bond motifs is 3. The van der Waals surface area contributed by atoms with Crippen LogP contribution >= 0.6 is 21.4 Å². The quantitative estimate of drug-likeness (QED) is 0.136. The second-order valence-electron chi connectivity index (χ2n) is 15.1. The molecule has 10 aromatic rings. The van der Waals surface area contributed by atoms with Gasteiger partial charge in [-0.05, 0) is 44.5 Å². The van der Waals surface area contributed by atoms with E-state index in [1.807, 2.05) is 224 Å². The van der Waals surface area contributed by atoms with Crippen LogP contribution in [0.25, 0.3) is 32.3 Å². The van der Waals surface area contributed by atoms with Crippen LogP contribution in [0.2, 0.25) is 0 Å². The maximum atomic E-state index is 16.4. The number of rotatable bonds is 9. The van der Waals surface area contributed by atoms with Gasteiger partial charge >= 0.3 is 0 Å². The molecule has 10 aromatic carbocycles. The molecule has 0 amide bonds. The highest BCUT2D eigenvalue weighted by molar-refractivity contribution is 7.86. The molecular weight excluding hydrogens is 790 g/mol. The summed E-state index contributed by atoms with van der Waals surface area (Å²) in [5.41, 5.74) is 0. The Balaban J connectivity index is 1.14. The monoisotopic (exact) mass is 828 g/mol. The lowest BCUT2D eigenvalue weighted by atomic mass is 10.1. The molecule has 60 heavy (non-hydrogen) atoms. The van der Waals surface area contributed by atoms with Gasteiger partial charge in [0.15, 0.2) is 21.4 Å². The zero-order chi connectivity index (χ0) is 40.7. The average Bonchev–Trinajstić information content (AvgIpc) is 3.33. The van der Waals surface area contributed by atoms with E-state index in [0.29, 0.717) is 26.5 Å². The highest BCUT2D eigenvalue weighted by Gasteiger charge is 2.36. The fraction of sp³-hybridized carbons (Fsp3) is 0. The molecular formula is C54H39O3P3. The number of hydrogen-bond acceptors (Lipinski definition) is 3. The zero-order valence-electron chi connectivity index (χ0n) is 32.6. The first-order valence-electron chi connectivity index (χ1n) is 20.0. The van der Waals surface area contributed by atoms with E-state index in [9.17, 15) is 0 Å². The summed E-state index contributed by atoms with van der Waals surface area (Å²) >= 11 is 0. The van der Waals surface area contributed by atoms with Crippen LogP contribution in [0.5, 0.6) is 0 Å². The molecule has 0 radical (unpaired) electrons. The van der Waals surface area contributed by atoms with Crippen molar-refractivity contribution in [1.82, 2.24) is 0 Å². The maximum absolute atomic E-state index is 16.4. The summed E-state index contributed by atoms with van der Waals surface area (Å²) < 4.78 is 47.7. The Hall–Kier alpha value is -6.33. The molecule has 0 bridgehead atoms. The van der Waals surface area contributed by atoms with Crippen molar-refractivity contribution in [3.05, 3.63) is 237 Å². The molecule has 6 heteroatoms. The van der Waals surface area contributed by atoms with Crippen molar-refractivity contribution in [2.45, 2.75) is 0 Å². The summed E-state index contributed by atoms with van der Waals surface area (Å²) in [6.07, 6.45) is 0. The van der Waals surface area contributed by atoms with E-state index in [1.54, 1.807) is 0 Å². The molecule has 3 nitrogen and oxygen atoms in total. The fourth-order valence-corrected chi connectivity index (χ4v) is 16.7. The van der Waals surface area contributed by atoms with Gasteiger partial charge in [-0.1, -0.05) is 224 Å². The second kappa shape index (κ2) is 15.4. The Labute approximate surface area is 350 Å². The normalized spacial score (nSPS) is 14.6. The molecule has 288 valence electrons. The molecule has 2 atom stereocenters. The Morgan fingerprint density at radius 2 is 0.533 bits per heavy atom. The first kappa shape index (κ1) is 37.9. The number of hydrogen-bond donors (Lipinski definition) is 0. The van der Waals surface area contributed by atoms with Gasteiger partial charge in [-0.15, -0.1) is 0 Å². The first-order chi connectivity index (χ1) is 29.4. The van der Waals surface area contributed by atoms with Gasteiger partial charge in [0.1, 0.15) is 0 Å². The molecule has 0 saturated heterocycles. The van der Waals surface area contributed by atoms with E-state index in [0.717, 1.165) is 53.5 Å². The van der Waals surface area contributed by atoms with E-state index >= 15 is 13.7 Å². The lowest BCUT2D eigenvalue weighted by Gasteiger charge is -2.25. The molecule has 0 aliphatic rings. The van der Waals surface area contributed by atoms with E-state index in [-0.39, 0.29) is 0 Å². The van der Waals surface area contributed by atoms with Crippen molar-refractivity contribution < 1.29 is 13.7 Å². The van der Waals surface area contributed by atoms with Crippen LogP contribution in [-0.2, 0) is 13.7 Å². The summed E-state index contributed by atoms with van der Waals surface area (Å²) in [7, 11) is -10.3. The molecule has 0 spiro atoms. The van der Waals surface area contributed by atoms with Gasteiger partial charge < -0.3 is 13.7 Å². The van der Waals surface area contributed by atoms with E-state index in [1.165, 1.54) is 0 Å². The van der Waals surface area contributed by atoms with Gasteiger partial charge in [0, 0.05) is 47.7 Å². The second-order valence-corrected chi connectivity index (χ2v) is 23.4. The molecule has 0 saturated carbocycles. The lowest BCUT2D eigenvalue weighted by Crippen LogP contribution is -2.30. The predicted molar refractivity (Wildman–Crippen MR) is 257 cm³/mol. The van der Waals surface area contributed by atoms with Crippen LogP contribution < -0.4 is 47.7 Å². The molecule has 0 aromatic heterocycles. The summed E-state index contributed by atoms with van der Waals surface area (Å²) in [5.74, 6) is 0. The molecule has 0 fully saturated rings. The van der Waals surface area contributed by atoms with Crippen LogP contribution in [0, 0.1) is 0 Å². The van der Waals surface area contributed by atoms with Crippen LogP contribution in [0.3, 0.4) is 0 Å². The molecule has 0 aliphatic heterocycles. The molecule has 10 rings (SSSR count). The van der Waals surface area contributed by atoms with Crippen molar-refractivity contribution in [2.24, 2.45) is 0 Å². The average molecular weight is 829 g/mol. The van der Waals surface area contributed by atoms with E-state index in [4.69, 9.17) is 0 Å². The zero-order valence-corrected chi connectivity index (χ0v) is 35.3. The Bertz CT molecular complexity index is 3160. The van der Waals surface area contributed by atoms with Gasteiger partial charge in [-0.2, -0.15) is 0 Å². The minimum absolute atomic E-state index is 0.620. The van der Waals surface area contributed by atoms with Gasteiger partial charge in [-0.3, -0.25) is 0 Å². The summed E-state index contributed by atoms with van der Waals surface area (Å²) in [6, 6.07) is 76.7. The highest BCUT2D eigenvalue weighted by atomic mass is 31.2. The van der Waals surface area contributed by atoms with Crippen LogP contribution in [0.1, 0.15) is 0 Å². The summed E-state index contributed by atoms with van der Waals surface area (Å²) in [6.45, 7) is 0. The first-order valence-corrected chi connectivity index (χ1v) is 25.1. The van der Waals surface area contributed by atoms with Crippen molar-refractivity contribution in [3.63, 3.8) is 0 Å². The Morgan fingerprint density at radius 1 is 0.217 bits per heavy atom. The minimum atomic E-state index is -3.60. The molecule has 0 aliphatic carbocycles. The Morgan fingerprint density at radius 3 is 0.983 bits per heavy atom. The van der Waals surface area contributed by atoms with E-state index in [2.05, 4.69) is 12.1 Å². The fourth-order valence-electron chi connectivity index (χ4n) is 8.57. The number of benzene rings is 10. The summed E-state index contributed by atoms with van der Waals surface area (Å²) in [5, 5.41) is 12.3. The summed E-state index contributed by atoms with van der Waals surface area (Å²) in [4.78, 5) is 0. The third-order valence-electron chi connectivity index (χ3n) is 11.7. The van der Waals surface area contributed by atoms with Gasteiger partial charge in [0.2, 0.25) is 0 Å². The van der Waals surface area contributed by atoms with Gasteiger partial charge in [-0.25, -0.2) is 0 Å². The van der Waals surface area contributed by atoms with Crippen molar-refractivity contribution >= 4 is 101 Å². The van der Waals surface area contributed by atoms with Gasteiger partial charge in [0.25, 0.3) is 0 Å².